The van der Waals surface area contributed by atoms with E-state index in [9.17, 15) is 17.6 Å². The van der Waals surface area contributed by atoms with Crippen LogP contribution in [0.25, 0.3) is 0 Å². The molecule has 4 nitrogen and oxygen atoms in total. The van der Waals surface area contributed by atoms with E-state index >= 15 is 0 Å². The van der Waals surface area contributed by atoms with Gasteiger partial charge >= 0.3 is 6.18 Å². The topological polar surface area (TPSA) is 49.3 Å². The fraction of sp³-hybridized carbons (Fsp3) is 0.250. The zero-order valence-electron chi connectivity index (χ0n) is 12.9. The molecule has 2 aromatic rings. The summed E-state index contributed by atoms with van der Waals surface area (Å²) in [7, 11) is 1.50. The Bertz CT molecular complexity index is 699. The maximum Gasteiger partial charge on any atom is 0.416 e. The Morgan fingerprint density at radius 3 is 2.50 bits per heavy atom. The number of benzene rings is 1. The number of rotatable bonds is 4. The largest absolute Gasteiger partial charge is 0.416 e. The quantitative estimate of drug-likeness (QED) is 0.511. The van der Waals surface area contributed by atoms with Gasteiger partial charge < -0.3 is 10.6 Å². The number of guanidine groups is 1. The van der Waals surface area contributed by atoms with Gasteiger partial charge in [0.15, 0.2) is 5.96 Å². The average molecular weight is 340 g/mol. The molecule has 1 aromatic heterocycles. The minimum Gasteiger partial charge on any atom is -0.352 e. The summed E-state index contributed by atoms with van der Waals surface area (Å²) in [6.45, 7) is 0.229. The van der Waals surface area contributed by atoms with Crippen LogP contribution in [-0.2, 0) is 19.3 Å². The van der Waals surface area contributed by atoms with Crippen molar-refractivity contribution in [2.45, 2.75) is 19.3 Å². The third kappa shape index (κ3) is 4.94. The fourth-order valence-corrected chi connectivity index (χ4v) is 2.04. The molecule has 0 amide bonds. The first-order valence-electron chi connectivity index (χ1n) is 7.10. The molecule has 1 heterocycles. The van der Waals surface area contributed by atoms with Crippen molar-refractivity contribution in [3.8, 4) is 0 Å². The van der Waals surface area contributed by atoms with Gasteiger partial charge in [-0.1, -0.05) is 12.1 Å². The monoisotopic (exact) mass is 340 g/mol. The molecule has 24 heavy (non-hydrogen) atoms. The summed E-state index contributed by atoms with van der Waals surface area (Å²) in [4.78, 5) is 8.06. The molecule has 1 aromatic carbocycles. The molecule has 0 spiro atoms. The number of hydrogen-bond donors (Lipinski definition) is 2. The Hall–Kier alpha value is -2.64. The molecular weight excluding hydrogens is 324 g/mol. The molecule has 0 saturated carbocycles. The summed E-state index contributed by atoms with van der Waals surface area (Å²) >= 11 is 0. The molecule has 2 N–H and O–H groups in total. The number of hydrogen-bond acceptors (Lipinski definition) is 2. The zero-order chi connectivity index (χ0) is 17.6. The van der Waals surface area contributed by atoms with Gasteiger partial charge in [-0.25, -0.2) is 4.39 Å². The van der Waals surface area contributed by atoms with Gasteiger partial charge in [-0.3, -0.25) is 9.98 Å². The van der Waals surface area contributed by atoms with E-state index in [1.807, 2.05) is 12.1 Å². The predicted molar refractivity (Wildman–Crippen MR) is 82.7 cm³/mol. The Kier molecular flexibility index (Phi) is 5.73. The second kappa shape index (κ2) is 7.76. The number of alkyl halides is 3. The van der Waals surface area contributed by atoms with Crippen LogP contribution >= 0.6 is 0 Å². The molecule has 128 valence electrons. The van der Waals surface area contributed by atoms with Crippen LogP contribution in [0.3, 0.4) is 0 Å². The van der Waals surface area contributed by atoms with E-state index in [4.69, 9.17) is 0 Å². The second-order valence-electron chi connectivity index (χ2n) is 4.90. The third-order valence-corrected chi connectivity index (χ3v) is 3.21. The summed E-state index contributed by atoms with van der Waals surface area (Å²) in [5.74, 6) is -0.609. The summed E-state index contributed by atoms with van der Waals surface area (Å²) in [6, 6.07) is 8.01. The molecule has 0 radical (unpaired) electrons. The van der Waals surface area contributed by atoms with Gasteiger partial charge in [-0.2, -0.15) is 13.2 Å². The van der Waals surface area contributed by atoms with Gasteiger partial charge in [-0.15, -0.1) is 0 Å². The molecular formula is C16H16F4N4. The lowest BCUT2D eigenvalue weighted by molar-refractivity contribution is -0.138. The van der Waals surface area contributed by atoms with Crippen LogP contribution < -0.4 is 10.6 Å². The minimum atomic E-state index is -4.62. The number of aromatic nitrogens is 1. The van der Waals surface area contributed by atoms with E-state index in [0.717, 1.165) is 17.8 Å². The molecule has 0 aliphatic rings. The van der Waals surface area contributed by atoms with Crippen molar-refractivity contribution in [2.75, 3.05) is 7.05 Å². The van der Waals surface area contributed by atoms with Crippen LogP contribution in [0.15, 0.2) is 47.6 Å². The van der Waals surface area contributed by atoms with Crippen LogP contribution in [0.2, 0.25) is 0 Å². The molecule has 0 fully saturated rings. The van der Waals surface area contributed by atoms with Gasteiger partial charge in [0.2, 0.25) is 0 Å². The molecule has 0 bridgehead atoms. The van der Waals surface area contributed by atoms with Gasteiger partial charge in [0.1, 0.15) is 5.82 Å². The lowest BCUT2D eigenvalue weighted by Crippen LogP contribution is -2.37. The van der Waals surface area contributed by atoms with Crippen LogP contribution in [0.1, 0.15) is 16.8 Å². The number of nitrogens with zero attached hydrogens (tertiary/aromatic N) is 2. The fourth-order valence-electron chi connectivity index (χ4n) is 2.04. The van der Waals surface area contributed by atoms with Crippen molar-refractivity contribution in [3.63, 3.8) is 0 Å². The van der Waals surface area contributed by atoms with E-state index in [1.54, 1.807) is 12.3 Å². The lowest BCUT2D eigenvalue weighted by Gasteiger charge is -2.15. The number of aliphatic imine (C=N–C) groups is 1. The van der Waals surface area contributed by atoms with Crippen LogP contribution in [0.5, 0.6) is 0 Å². The first-order valence-corrected chi connectivity index (χ1v) is 7.10. The van der Waals surface area contributed by atoms with Crippen molar-refractivity contribution in [2.24, 2.45) is 4.99 Å². The second-order valence-corrected chi connectivity index (χ2v) is 4.90. The standard InChI is InChI=1S/C16H16F4N4/c1-21-15(24-10-13-4-2-3-7-22-13)23-9-11-5-6-12(17)8-14(11)16(18,19)20/h2-8H,9-10H2,1H3,(H2,21,23,24). The molecule has 0 saturated heterocycles. The summed E-state index contributed by atoms with van der Waals surface area (Å²) < 4.78 is 52.0. The highest BCUT2D eigenvalue weighted by atomic mass is 19.4. The number of nitrogens with one attached hydrogen (secondary N) is 2. The maximum atomic E-state index is 13.1. The molecule has 2 rings (SSSR count). The Morgan fingerprint density at radius 1 is 1.12 bits per heavy atom. The van der Waals surface area contributed by atoms with Crippen LogP contribution in [-0.4, -0.2) is 18.0 Å². The number of halogens is 4. The smallest absolute Gasteiger partial charge is 0.352 e. The normalized spacial score (nSPS) is 12.1. The molecule has 0 atom stereocenters. The van der Waals surface area contributed by atoms with Crippen molar-refractivity contribution in [1.82, 2.24) is 15.6 Å². The first kappa shape index (κ1) is 17.7. The van der Waals surface area contributed by atoms with Gasteiger partial charge in [0.25, 0.3) is 0 Å². The molecule has 0 aliphatic heterocycles. The maximum absolute atomic E-state index is 13.1. The molecule has 0 unspecified atom stereocenters. The SMILES string of the molecule is CN=C(NCc1ccccn1)NCc1ccc(F)cc1C(F)(F)F. The predicted octanol–water partition coefficient (Wildman–Crippen LogP) is 3.10. The Balaban J connectivity index is 2.01. The van der Waals surface area contributed by atoms with E-state index in [2.05, 4.69) is 20.6 Å². The average Bonchev–Trinajstić information content (AvgIpc) is 2.56. The van der Waals surface area contributed by atoms with Crippen LogP contribution in [0.4, 0.5) is 17.6 Å². The highest BCUT2D eigenvalue weighted by Gasteiger charge is 2.33. The minimum absolute atomic E-state index is 0.0651. The van der Waals surface area contributed by atoms with Crippen molar-refractivity contribution < 1.29 is 17.6 Å². The highest BCUT2D eigenvalue weighted by molar-refractivity contribution is 5.79. The van der Waals surface area contributed by atoms with E-state index in [0.29, 0.717) is 18.6 Å². The highest BCUT2D eigenvalue weighted by Crippen LogP contribution is 2.32. The zero-order valence-corrected chi connectivity index (χ0v) is 12.9. The van der Waals surface area contributed by atoms with Gasteiger partial charge in [0.05, 0.1) is 17.8 Å². The van der Waals surface area contributed by atoms with Crippen molar-refractivity contribution in [3.05, 3.63) is 65.2 Å². The third-order valence-electron chi connectivity index (χ3n) is 3.21. The van der Waals surface area contributed by atoms with Crippen LogP contribution in [0, 0.1) is 5.82 Å². The van der Waals surface area contributed by atoms with E-state index < -0.39 is 17.6 Å². The van der Waals surface area contributed by atoms with E-state index in [-0.39, 0.29) is 12.1 Å². The summed E-state index contributed by atoms with van der Waals surface area (Å²) in [5.41, 5.74) is -0.307. The van der Waals surface area contributed by atoms with Crippen molar-refractivity contribution >= 4 is 5.96 Å². The lowest BCUT2D eigenvalue weighted by atomic mass is 10.1. The summed E-state index contributed by atoms with van der Waals surface area (Å²) in [6.07, 6.45) is -2.98. The van der Waals surface area contributed by atoms with E-state index in [1.165, 1.54) is 7.05 Å². The van der Waals surface area contributed by atoms with Crippen molar-refractivity contribution in [1.29, 1.82) is 0 Å². The van der Waals surface area contributed by atoms with Gasteiger partial charge in [-0.05, 0) is 29.8 Å². The Labute approximate surface area is 136 Å². The first-order chi connectivity index (χ1) is 11.4. The summed E-state index contributed by atoms with van der Waals surface area (Å²) in [5, 5.41) is 5.72. The van der Waals surface area contributed by atoms with Gasteiger partial charge in [0, 0.05) is 19.8 Å². The Morgan fingerprint density at radius 2 is 1.88 bits per heavy atom. The molecule has 0 aliphatic carbocycles. The number of pyridine rings is 1. The molecule has 8 heteroatoms.